The van der Waals surface area contributed by atoms with Gasteiger partial charge in [0, 0.05) is 13.0 Å². The molecule has 0 aliphatic carbocycles. The molecule has 1 unspecified atom stereocenters. The Bertz CT molecular complexity index is 208. The molecule has 1 fully saturated rings. The Morgan fingerprint density at radius 2 is 2.23 bits per heavy atom. The van der Waals surface area contributed by atoms with Crippen molar-refractivity contribution < 1.29 is 13.9 Å². The first-order valence-corrected chi connectivity index (χ1v) is 4.51. The molecule has 1 aliphatic rings. The van der Waals surface area contributed by atoms with E-state index in [4.69, 9.17) is 0 Å². The smallest absolute Gasteiger partial charge is 0.409 e. The van der Waals surface area contributed by atoms with Crippen LogP contribution >= 0.6 is 0 Å². The molecule has 0 aromatic rings. The lowest BCUT2D eigenvalue weighted by Crippen LogP contribution is -2.36. The lowest BCUT2D eigenvalue weighted by atomic mass is 9.92. The van der Waals surface area contributed by atoms with E-state index in [9.17, 15) is 9.18 Å². The number of carbonyl (C=O) groups is 1. The summed E-state index contributed by atoms with van der Waals surface area (Å²) in [7, 11) is 1.32. The van der Waals surface area contributed by atoms with E-state index >= 15 is 0 Å². The highest BCUT2D eigenvalue weighted by Crippen LogP contribution is 2.32. The average Bonchev–Trinajstić information content (AvgIpc) is 2.48. The van der Waals surface area contributed by atoms with Crippen LogP contribution in [0.4, 0.5) is 9.18 Å². The zero-order chi connectivity index (χ0) is 10.1. The SMILES string of the molecule is COC(=O)N1CCC(F)(C(C)C)C1. The van der Waals surface area contributed by atoms with E-state index in [-0.39, 0.29) is 12.5 Å². The summed E-state index contributed by atoms with van der Waals surface area (Å²) in [6, 6.07) is 0. The van der Waals surface area contributed by atoms with E-state index in [1.165, 1.54) is 12.0 Å². The highest BCUT2D eigenvalue weighted by Gasteiger charge is 2.42. The summed E-state index contributed by atoms with van der Waals surface area (Å²) in [4.78, 5) is 12.5. The molecule has 0 aromatic heterocycles. The fourth-order valence-electron chi connectivity index (χ4n) is 1.55. The number of halogens is 1. The molecule has 1 rings (SSSR count). The first kappa shape index (κ1) is 10.3. The number of methoxy groups -OCH3 is 1. The van der Waals surface area contributed by atoms with Crippen LogP contribution in [0.2, 0.25) is 0 Å². The topological polar surface area (TPSA) is 29.5 Å². The van der Waals surface area contributed by atoms with E-state index in [1.54, 1.807) is 0 Å². The van der Waals surface area contributed by atoms with Crippen molar-refractivity contribution >= 4 is 6.09 Å². The first-order chi connectivity index (χ1) is 5.99. The van der Waals surface area contributed by atoms with Crippen LogP contribution < -0.4 is 0 Å². The van der Waals surface area contributed by atoms with Gasteiger partial charge in [-0.15, -0.1) is 0 Å². The number of rotatable bonds is 1. The Hall–Kier alpha value is -0.800. The predicted octanol–water partition coefficient (Wildman–Crippen LogP) is 1.82. The third-order valence-corrected chi connectivity index (χ3v) is 2.72. The van der Waals surface area contributed by atoms with Gasteiger partial charge in [0.15, 0.2) is 0 Å². The standard InChI is InChI=1S/C9H16FNO2/c1-7(2)9(10)4-5-11(6-9)8(12)13-3/h7H,4-6H2,1-3H3. The fraction of sp³-hybridized carbons (Fsp3) is 0.889. The minimum atomic E-state index is -1.23. The zero-order valence-corrected chi connectivity index (χ0v) is 8.34. The van der Waals surface area contributed by atoms with Crippen LogP contribution in [0.25, 0.3) is 0 Å². The molecule has 0 N–H and O–H groups in total. The van der Waals surface area contributed by atoms with Gasteiger partial charge in [0.1, 0.15) is 5.67 Å². The summed E-state index contributed by atoms with van der Waals surface area (Å²) in [5.41, 5.74) is -1.23. The number of nitrogens with zero attached hydrogens (tertiary/aromatic N) is 1. The van der Waals surface area contributed by atoms with Crippen molar-refractivity contribution in [3.8, 4) is 0 Å². The van der Waals surface area contributed by atoms with Crippen LogP contribution in [-0.4, -0.2) is 36.9 Å². The number of amides is 1. The number of hydrogen-bond acceptors (Lipinski definition) is 2. The van der Waals surface area contributed by atoms with Gasteiger partial charge in [-0.3, -0.25) is 0 Å². The second-order valence-corrected chi connectivity index (χ2v) is 3.83. The number of hydrogen-bond donors (Lipinski definition) is 0. The van der Waals surface area contributed by atoms with Crippen molar-refractivity contribution in [1.82, 2.24) is 4.90 Å². The normalized spacial score (nSPS) is 28.2. The number of carbonyl (C=O) groups excluding carboxylic acids is 1. The van der Waals surface area contributed by atoms with E-state index < -0.39 is 11.8 Å². The Labute approximate surface area is 77.9 Å². The molecule has 1 atom stereocenters. The number of alkyl halides is 1. The van der Waals surface area contributed by atoms with Crippen molar-refractivity contribution in [1.29, 1.82) is 0 Å². The molecule has 1 aliphatic heterocycles. The van der Waals surface area contributed by atoms with Gasteiger partial charge in [-0.05, 0) is 5.92 Å². The van der Waals surface area contributed by atoms with Gasteiger partial charge in [-0.2, -0.15) is 0 Å². The lowest BCUT2D eigenvalue weighted by molar-refractivity contribution is 0.0941. The van der Waals surface area contributed by atoms with Crippen LogP contribution in [0.15, 0.2) is 0 Å². The molecular formula is C9H16FNO2. The van der Waals surface area contributed by atoms with E-state index in [2.05, 4.69) is 4.74 Å². The minimum absolute atomic E-state index is 0.0536. The lowest BCUT2D eigenvalue weighted by Gasteiger charge is -2.23. The molecule has 1 saturated heterocycles. The summed E-state index contributed by atoms with van der Waals surface area (Å²) in [5.74, 6) is -0.0536. The fourth-order valence-corrected chi connectivity index (χ4v) is 1.55. The predicted molar refractivity (Wildman–Crippen MR) is 47.3 cm³/mol. The van der Waals surface area contributed by atoms with Crippen molar-refractivity contribution in [2.45, 2.75) is 25.9 Å². The Kier molecular flexibility index (Phi) is 2.78. The Morgan fingerprint density at radius 3 is 2.62 bits per heavy atom. The van der Waals surface area contributed by atoms with Crippen molar-refractivity contribution in [3.63, 3.8) is 0 Å². The molecule has 0 aromatic carbocycles. The van der Waals surface area contributed by atoms with E-state index in [0.717, 1.165) is 0 Å². The second kappa shape index (κ2) is 3.52. The van der Waals surface area contributed by atoms with Crippen molar-refractivity contribution in [3.05, 3.63) is 0 Å². The van der Waals surface area contributed by atoms with Crippen LogP contribution in [0, 0.1) is 5.92 Å². The van der Waals surface area contributed by atoms with E-state index in [1.807, 2.05) is 13.8 Å². The minimum Gasteiger partial charge on any atom is -0.453 e. The van der Waals surface area contributed by atoms with E-state index in [0.29, 0.717) is 13.0 Å². The molecule has 0 bridgehead atoms. The maximum atomic E-state index is 13.9. The molecule has 1 heterocycles. The molecule has 13 heavy (non-hydrogen) atoms. The quantitative estimate of drug-likeness (QED) is 0.629. The Balaban J connectivity index is 2.58. The molecule has 0 spiro atoms. The molecule has 4 heteroatoms. The maximum Gasteiger partial charge on any atom is 0.409 e. The van der Waals surface area contributed by atoms with Crippen LogP contribution in [0.5, 0.6) is 0 Å². The molecule has 76 valence electrons. The second-order valence-electron chi connectivity index (χ2n) is 3.83. The number of ether oxygens (including phenoxy) is 1. The first-order valence-electron chi connectivity index (χ1n) is 4.51. The summed E-state index contributed by atoms with van der Waals surface area (Å²) in [5, 5.41) is 0. The molecule has 0 radical (unpaired) electrons. The molecule has 1 amide bonds. The zero-order valence-electron chi connectivity index (χ0n) is 8.34. The van der Waals surface area contributed by atoms with Gasteiger partial charge >= 0.3 is 6.09 Å². The third kappa shape index (κ3) is 1.92. The van der Waals surface area contributed by atoms with Gasteiger partial charge in [-0.25, -0.2) is 9.18 Å². The average molecular weight is 189 g/mol. The van der Waals surface area contributed by atoms with Gasteiger partial charge < -0.3 is 9.64 Å². The molecule has 3 nitrogen and oxygen atoms in total. The van der Waals surface area contributed by atoms with Gasteiger partial charge in [0.25, 0.3) is 0 Å². The highest BCUT2D eigenvalue weighted by atomic mass is 19.1. The largest absolute Gasteiger partial charge is 0.453 e. The van der Waals surface area contributed by atoms with Crippen LogP contribution in [0.1, 0.15) is 20.3 Å². The summed E-state index contributed by atoms with van der Waals surface area (Å²) >= 11 is 0. The van der Waals surface area contributed by atoms with Crippen LogP contribution in [0.3, 0.4) is 0 Å². The summed E-state index contributed by atoms with van der Waals surface area (Å²) in [6.07, 6.45) is -0.0140. The number of likely N-dealkylation sites (tertiary alicyclic amines) is 1. The van der Waals surface area contributed by atoms with Crippen molar-refractivity contribution in [2.75, 3.05) is 20.2 Å². The summed E-state index contributed by atoms with van der Waals surface area (Å²) < 4.78 is 18.5. The Morgan fingerprint density at radius 1 is 1.62 bits per heavy atom. The molecule has 0 saturated carbocycles. The third-order valence-electron chi connectivity index (χ3n) is 2.72. The van der Waals surface area contributed by atoms with Gasteiger partial charge in [0.05, 0.1) is 13.7 Å². The van der Waals surface area contributed by atoms with Gasteiger partial charge in [-0.1, -0.05) is 13.8 Å². The summed E-state index contributed by atoms with van der Waals surface area (Å²) in [6.45, 7) is 4.29. The van der Waals surface area contributed by atoms with Crippen LogP contribution in [-0.2, 0) is 4.74 Å². The monoisotopic (exact) mass is 189 g/mol. The van der Waals surface area contributed by atoms with Crippen molar-refractivity contribution in [2.24, 2.45) is 5.92 Å². The highest BCUT2D eigenvalue weighted by molar-refractivity contribution is 5.68. The van der Waals surface area contributed by atoms with Gasteiger partial charge in [0.2, 0.25) is 0 Å². The maximum absolute atomic E-state index is 13.9. The molecular weight excluding hydrogens is 173 g/mol.